The Hall–Kier alpha value is -1.91. The lowest BCUT2D eigenvalue weighted by molar-refractivity contribution is -0.134. The van der Waals surface area contributed by atoms with Gasteiger partial charge in [-0.2, -0.15) is 0 Å². The Morgan fingerprint density at radius 3 is 2.77 bits per heavy atom. The quantitative estimate of drug-likeness (QED) is 0.924. The number of hydrogen-bond acceptors (Lipinski definition) is 3. The number of hydrogen-bond donors (Lipinski definition) is 1. The second-order valence-corrected chi connectivity index (χ2v) is 6.39. The summed E-state index contributed by atoms with van der Waals surface area (Å²) < 4.78 is 0. The minimum absolute atomic E-state index is 0.0544. The van der Waals surface area contributed by atoms with Gasteiger partial charge in [-0.05, 0) is 37.8 Å². The van der Waals surface area contributed by atoms with Crippen LogP contribution in [-0.2, 0) is 9.59 Å². The fourth-order valence-electron chi connectivity index (χ4n) is 3.28. The third-order valence-corrected chi connectivity index (χ3v) is 4.53. The molecule has 0 aromatic carbocycles. The number of carbonyl (C=O) groups excluding carboxylic acids is 2. The molecule has 1 saturated heterocycles. The number of piperidine rings is 1. The molecule has 5 heteroatoms. The molecule has 1 aromatic heterocycles. The van der Waals surface area contributed by atoms with Crippen molar-refractivity contribution in [3.8, 4) is 0 Å². The van der Waals surface area contributed by atoms with Crippen LogP contribution in [0.5, 0.6) is 0 Å². The van der Waals surface area contributed by atoms with E-state index in [4.69, 9.17) is 0 Å². The van der Waals surface area contributed by atoms with Gasteiger partial charge in [-0.3, -0.25) is 14.6 Å². The van der Waals surface area contributed by atoms with Gasteiger partial charge in [0, 0.05) is 38.0 Å². The van der Waals surface area contributed by atoms with Gasteiger partial charge in [0.2, 0.25) is 11.8 Å². The van der Waals surface area contributed by atoms with Crippen molar-refractivity contribution in [1.82, 2.24) is 15.2 Å². The van der Waals surface area contributed by atoms with Crippen molar-refractivity contribution in [1.29, 1.82) is 0 Å². The molecule has 0 unspecified atom stereocenters. The number of rotatable bonds is 4. The van der Waals surface area contributed by atoms with Gasteiger partial charge in [0.1, 0.15) is 0 Å². The Morgan fingerprint density at radius 2 is 2.14 bits per heavy atom. The Bertz CT molecular complexity index is 542. The first kappa shape index (κ1) is 15.0. The summed E-state index contributed by atoms with van der Waals surface area (Å²) >= 11 is 0. The van der Waals surface area contributed by atoms with Crippen LogP contribution >= 0.6 is 0 Å². The van der Waals surface area contributed by atoms with Gasteiger partial charge < -0.3 is 10.2 Å². The van der Waals surface area contributed by atoms with E-state index in [0.717, 1.165) is 44.5 Å². The van der Waals surface area contributed by atoms with Gasteiger partial charge in [0.05, 0.1) is 11.7 Å². The molecular weight excluding hydrogens is 278 g/mol. The molecule has 1 N–H and O–H groups in total. The van der Waals surface area contributed by atoms with E-state index < -0.39 is 0 Å². The number of pyridine rings is 1. The minimum atomic E-state index is -0.117. The zero-order valence-electron chi connectivity index (χ0n) is 13.0. The van der Waals surface area contributed by atoms with Crippen LogP contribution in [0.4, 0.5) is 0 Å². The number of likely N-dealkylation sites (tertiary alicyclic amines) is 1. The molecule has 2 aliphatic rings. The van der Waals surface area contributed by atoms with Crippen LogP contribution in [0.2, 0.25) is 0 Å². The predicted octanol–water partition coefficient (Wildman–Crippen LogP) is 1.91. The first-order valence-corrected chi connectivity index (χ1v) is 8.12. The Morgan fingerprint density at radius 1 is 1.32 bits per heavy atom. The summed E-state index contributed by atoms with van der Waals surface area (Å²) in [4.78, 5) is 30.3. The number of carbonyl (C=O) groups is 2. The van der Waals surface area contributed by atoms with Crippen molar-refractivity contribution in [2.45, 2.75) is 38.6 Å². The lowest BCUT2D eigenvalue weighted by atomic mass is 9.88. The number of aromatic nitrogens is 1. The normalized spacial score (nSPS) is 23.0. The molecule has 1 aliphatic heterocycles. The van der Waals surface area contributed by atoms with Gasteiger partial charge >= 0.3 is 0 Å². The predicted molar refractivity (Wildman–Crippen MR) is 82.8 cm³/mol. The third kappa shape index (κ3) is 3.46. The fraction of sp³-hybridized carbons (Fsp3) is 0.588. The smallest absolute Gasteiger partial charge is 0.225 e. The van der Waals surface area contributed by atoms with E-state index in [-0.39, 0.29) is 23.8 Å². The van der Waals surface area contributed by atoms with Gasteiger partial charge in [0.25, 0.3) is 0 Å². The maximum atomic E-state index is 12.3. The second kappa shape index (κ2) is 6.46. The first-order chi connectivity index (χ1) is 10.6. The van der Waals surface area contributed by atoms with Crippen molar-refractivity contribution in [2.75, 3.05) is 13.1 Å². The Balaban J connectivity index is 1.75. The lowest BCUT2D eigenvalue weighted by Gasteiger charge is -2.37. The molecule has 22 heavy (non-hydrogen) atoms. The molecule has 3 rings (SSSR count). The molecular formula is C17H23N3O2. The zero-order valence-corrected chi connectivity index (χ0v) is 13.0. The minimum Gasteiger partial charge on any atom is -0.348 e. The van der Waals surface area contributed by atoms with Gasteiger partial charge in [-0.15, -0.1) is 0 Å². The zero-order chi connectivity index (χ0) is 15.5. The summed E-state index contributed by atoms with van der Waals surface area (Å²) in [5, 5.41) is 3.03. The highest BCUT2D eigenvalue weighted by atomic mass is 16.2. The molecule has 2 amide bonds. The molecule has 2 fully saturated rings. The summed E-state index contributed by atoms with van der Waals surface area (Å²) in [6.07, 6.45) is 5.83. The Kier molecular flexibility index (Phi) is 4.41. The molecule has 118 valence electrons. The van der Waals surface area contributed by atoms with E-state index in [1.807, 2.05) is 23.1 Å². The number of nitrogens with one attached hydrogen (secondary N) is 1. The molecule has 0 radical (unpaired) electrons. The molecule has 2 heterocycles. The van der Waals surface area contributed by atoms with Crippen LogP contribution in [0.1, 0.15) is 44.3 Å². The van der Waals surface area contributed by atoms with Crippen molar-refractivity contribution >= 4 is 11.8 Å². The summed E-state index contributed by atoms with van der Waals surface area (Å²) in [6, 6.07) is 5.64. The van der Waals surface area contributed by atoms with E-state index >= 15 is 0 Å². The highest BCUT2D eigenvalue weighted by molar-refractivity contribution is 5.81. The second-order valence-electron chi connectivity index (χ2n) is 6.39. The third-order valence-electron chi connectivity index (χ3n) is 4.53. The van der Waals surface area contributed by atoms with E-state index in [1.165, 1.54) is 6.92 Å². The van der Waals surface area contributed by atoms with E-state index in [0.29, 0.717) is 5.91 Å². The monoisotopic (exact) mass is 301 g/mol. The van der Waals surface area contributed by atoms with E-state index in [9.17, 15) is 9.59 Å². The molecule has 1 aliphatic carbocycles. The molecule has 2 atom stereocenters. The lowest BCUT2D eigenvalue weighted by Crippen LogP contribution is -2.45. The average Bonchev–Trinajstić information content (AvgIpc) is 3.37. The van der Waals surface area contributed by atoms with Gasteiger partial charge in [0.15, 0.2) is 0 Å². The van der Waals surface area contributed by atoms with E-state index in [2.05, 4.69) is 10.3 Å². The molecule has 1 aromatic rings. The first-order valence-electron chi connectivity index (χ1n) is 8.12. The highest BCUT2D eigenvalue weighted by Crippen LogP contribution is 2.34. The van der Waals surface area contributed by atoms with Crippen LogP contribution in [-0.4, -0.2) is 34.8 Å². The molecule has 0 spiro atoms. The van der Waals surface area contributed by atoms with Crippen LogP contribution < -0.4 is 5.32 Å². The summed E-state index contributed by atoms with van der Waals surface area (Å²) in [6.45, 7) is 3.10. The van der Waals surface area contributed by atoms with Gasteiger partial charge in [-0.1, -0.05) is 6.07 Å². The van der Waals surface area contributed by atoms with Crippen molar-refractivity contribution in [2.24, 2.45) is 11.8 Å². The van der Waals surface area contributed by atoms with Crippen LogP contribution in [0, 0.1) is 11.8 Å². The van der Waals surface area contributed by atoms with Crippen molar-refractivity contribution in [3.63, 3.8) is 0 Å². The average molecular weight is 301 g/mol. The fourth-order valence-corrected chi connectivity index (χ4v) is 3.28. The largest absolute Gasteiger partial charge is 0.348 e. The number of amides is 2. The highest BCUT2D eigenvalue weighted by Gasteiger charge is 2.37. The standard InChI is InChI=1S/C17H23N3O2/c1-12(21)19-16(15-6-2-3-9-18-15)14-5-4-10-20(11-14)17(22)13-7-8-13/h2-3,6,9,13-14,16H,4-5,7-8,10-11H2,1H3,(H,19,21)/t14-,16+/m1/s1. The molecule has 0 bridgehead atoms. The van der Waals surface area contributed by atoms with E-state index in [1.54, 1.807) is 6.20 Å². The Labute approximate surface area is 131 Å². The number of nitrogens with zero attached hydrogens (tertiary/aromatic N) is 2. The van der Waals surface area contributed by atoms with Crippen LogP contribution in [0.3, 0.4) is 0 Å². The summed E-state index contributed by atoms with van der Waals surface area (Å²) in [7, 11) is 0. The topological polar surface area (TPSA) is 62.3 Å². The van der Waals surface area contributed by atoms with Crippen LogP contribution in [0.15, 0.2) is 24.4 Å². The maximum Gasteiger partial charge on any atom is 0.225 e. The summed E-state index contributed by atoms with van der Waals surface area (Å²) in [5.74, 6) is 0.733. The van der Waals surface area contributed by atoms with Crippen LogP contribution in [0.25, 0.3) is 0 Å². The van der Waals surface area contributed by atoms with Crippen molar-refractivity contribution in [3.05, 3.63) is 30.1 Å². The molecule has 5 nitrogen and oxygen atoms in total. The van der Waals surface area contributed by atoms with Crippen molar-refractivity contribution < 1.29 is 9.59 Å². The maximum absolute atomic E-state index is 12.3. The summed E-state index contributed by atoms with van der Waals surface area (Å²) in [5.41, 5.74) is 0.878. The molecule has 1 saturated carbocycles. The SMILES string of the molecule is CC(=O)N[C@H](c1ccccn1)[C@@H]1CCCN(C(=O)C2CC2)C1. The van der Waals surface area contributed by atoms with Gasteiger partial charge in [-0.25, -0.2) is 0 Å².